The summed E-state index contributed by atoms with van der Waals surface area (Å²) in [4.78, 5) is 30.4. The topological polar surface area (TPSA) is 63.5 Å². The van der Waals surface area contributed by atoms with Gasteiger partial charge in [-0.25, -0.2) is 4.39 Å². The standard InChI is InChI=1S/C24H19ClFN3O2S/c1-15(22(30)27-14-16-9-11-19(26)12-10-16)29-20-7-2-3-8-21(20)32-24(29)28-23(31)17-5-4-6-18(25)13-17/h2-13,15H,14H2,1H3,(H,27,30)/t15-/m1/s1. The van der Waals surface area contributed by atoms with Crippen LogP contribution >= 0.6 is 22.9 Å². The highest BCUT2D eigenvalue weighted by molar-refractivity contribution is 7.16. The van der Waals surface area contributed by atoms with Crippen LogP contribution in [0.25, 0.3) is 10.2 Å². The summed E-state index contributed by atoms with van der Waals surface area (Å²) in [6, 6.07) is 19.5. The largest absolute Gasteiger partial charge is 0.350 e. The molecule has 3 aromatic carbocycles. The Balaban J connectivity index is 1.67. The van der Waals surface area contributed by atoms with E-state index in [1.165, 1.54) is 23.5 Å². The Bertz CT molecular complexity index is 1360. The smallest absolute Gasteiger partial charge is 0.279 e. The van der Waals surface area contributed by atoms with Gasteiger partial charge < -0.3 is 9.88 Å². The number of aromatic nitrogens is 1. The lowest BCUT2D eigenvalue weighted by molar-refractivity contribution is -0.124. The van der Waals surface area contributed by atoms with Crippen molar-refractivity contribution in [2.75, 3.05) is 0 Å². The van der Waals surface area contributed by atoms with Crippen LogP contribution in [0.2, 0.25) is 5.02 Å². The molecule has 1 aromatic heterocycles. The maximum Gasteiger partial charge on any atom is 0.279 e. The summed E-state index contributed by atoms with van der Waals surface area (Å²) >= 11 is 7.34. The van der Waals surface area contributed by atoms with Gasteiger partial charge >= 0.3 is 0 Å². The number of nitrogens with one attached hydrogen (secondary N) is 1. The van der Waals surface area contributed by atoms with Gasteiger partial charge in [0.15, 0.2) is 4.80 Å². The summed E-state index contributed by atoms with van der Waals surface area (Å²) in [5, 5.41) is 3.32. The van der Waals surface area contributed by atoms with Gasteiger partial charge in [-0.05, 0) is 55.0 Å². The van der Waals surface area contributed by atoms with Gasteiger partial charge in [-0.15, -0.1) is 0 Å². The average Bonchev–Trinajstić information content (AvgIpc) is 3.15. The molecule has 4 aromatic rings. The van der Waals surface area contributed by atoms with Gasteiger partial charge in [-0.1, -0.05) is 53.3 Å². The summed E-state index contributed by atoms with van der Waals surface area (Å²) in [5.74, 6) is -1.01. The summed E-state index contributed by atoms with van der Waals surface area (Å²) in [5.41, 5.74) is 1.96. The van der Waals surface area contributed by atoms with Crippen LogP contribution in [0.3, 0.4) is 0 Å². The first-order valence-electron chi connectivity index (χ1n) is 9.89. The molecule has 1 heterocycles. The molecule has 0 aliphatic heterocycles. The molecule has 0 unspecified atom stereocenters. The van der Waals surface area contributed by atoms with E-state index in [2.05, 4.69) is 10.3 Å². The van der Waals surface area contributed by atoms with Crippen LogP contribution in [0.1, 0.15) is 28.9 Å². The van der Waals surface area contributed by atoms with E-state index in [0.717, 1.165) is 15.8 Å². The molecular weight excluding hydrogens is 449 g/mol. The Morgan fingerprint density at radius 2 is 1.84 bits per heavy atom. The molecule has 5 nitrogen and oxygen atoms in total. The third-order valence-electron chi connectivity index (χ3n) is 4.95. The van der Waals surface area contributed by atoms with Gasteiger partial charge in [0, 0.05) is 17.1 Å². The molecule has 32 heavy (non-hydrogen) atoms. The van der Waals surface area contributed by atoms with Crippen LogP contribution in [0, 0.1) is 5.82 Å². The van der Waals surface area contributed by atoms with Gasteiger partial charge in [0.2, 0.25) is 5.91 Å². The van der Waals surface area contributed by atoms with Crippen LogP contribution < -0.4 is 10.1 Å². The molecule has 0 bridgehead atoms. The number of fused-ring (bicyclic) bond motifs is 1. The number of rotatable bonds is 5. The highest BCUT2D eigenvalue weighted by atomic mass is 35.5. The van der Waals surface area contributed by atoms with Crippen molar-refractivity contribution in [2.45, 2.75) is 19.5 Å². The SMILES string of the molecule is C[C@H](C(=O)NCc1ccc(F)cc1)n1c(=NC(=O)c2cccc(Cl)c2)sc2ccccc21. The summed E-state index contributed by atoms with van der Waals surface area (Å²) < 4.78 is 15.8. The lowest BCUT2D eigenvalue weighted by Gasteiger charge is -2.15. The van der Waals surface area contributed by atoms with Crippen molar-refractivity contribution in [2.24, 2.45) is 4.99 Å². The van der Waals surface area contributed by atoms with Gasteiger partial charge in [-0.3, -0.25) is 9.59 Å². The molecule has 0 aliphatic rings. The minimum Gasteiger partial charge on any atom is -0.350 e. The Kier molecular flexibility index (Phi) is 6.48. The minimum atomic E-state index is -0.627. The molecule has 162 valence electrons. The second-order valence-corrected chi connectivity index (χ2v) is 8.62. The molecule has 2 amide bonds. The Morgan fingerprint density at radius 3 is 2.59 bits per heavy atom. The second-order valence-electron chi connectivity index (χ2n) is 7.17. The van der Waals surface area contributed by atoms with Crippen molar-refractivity contribution >= 4 is 45.0 Å². The van der Waals surface area contributed by atoms with Crippen molar-refractivity contribution in [3.05, 3.63) is 99.6 Å². The lowest BCUT2D eigenvalue weighted by atomic mass is 10.2. The number of hydrogen-bond donors (Lipinski definition) is 1. The molecule has 0 radical (unpaired) electrons. The Labute approximate surface area is 192 Å². The van der Waals surface area contributed by atoms with E-state index in [-0.39, 0.29) is 18.3 Å². The summed E-state index contributed by atoms with van der Waals surface area (Å²) in [6.45, 7) is 2.02. The Morgan fingerprint density at radius 1 is 1.09 bits per heavy atom. The number of carbonyl (C=O) groups is 2. The second kappa shape index (κ2) is 9.46. The van der Waals surface area contributed by atoms with Crippen molar-refractivity contribution < 1.29 is 14.0 Å². The fourth-order valence-corrected chi connectivity index (χ4v) is 4.56. The first-order valence-corrected chi connectivity index (χ1v) is 11.1. The van der Waals surface area contributed by atoms with Crippen LogP contribution in [0.5, 0.6) is 0 Å². The van der Waals surface area contributed by atoms with Crippen LogP contribution in [-0.2, 0) is 11.3 Å². The van der Waals surface area contributed by atoms with Crippen LogP contribution in [-0.4, -0.2) is 16.4 Å². The predicted octanol–water partition coefficient (Wildman–Crippen LogP) is 5.11. The zero-order valence-electron chi connectivity index (χ0n) is 17.1. The zero-order valence-corrected chi connectivity index (χ0v) is 18.7. The fourth-order valence-electron chi connectivity index (χ4n) is 3.27. The van der Waals surface area contributed by atoms with Crippen molar-refractivity contribution in [3.63, 3.8) is 0 Å². The molecule has 0 saturated heterocycles. The fraction of sp³-hybridized carbons (Fsp3) is 0.125. The third-order valence-corrected chi connectivity index (χ3v) is 6.22. The quantitative estimate of drug-likeness (QED) is 0.443. The number of halogens is 2. The van der Waals surface area contributed by atoms with Crippen LogP contribution in [0.4, 0.5) is 4.39 Å². The van der Waals surface area contributed by atoms with Gasteiger partial charge in [0.1, 0.15) is 11.9 Å². The minimum absolute atomic E-state index is 0.241. The highest BCUT2D eigenvalue weighted by Gasteiger charge is 2.20. The molecule has 0 spiro atoms. The van der Waals surface area contributed by atoms with Crippen LogP contribution in [0.15, 0.2) is 77.8 Å². The van der Waals surface area contributed by atoms with Gasteiger partial charge in [0.05, 0.1) is 10.2 Å². The number of hydrogen-bond acceptors (Lipinski definition) is 3. The maximum absolute atomic E-state index is 13.1. The maximum atomic E-state index is 13.1. The van der Waals surface area contributed by atoms with E-state index in [4.69, 9.17) is 11.6 Å². The van der Waals surface area contributed by atoms with E-state index >= 15 is 0 Å². The third kappa shape index (κ3) is 4.79. The molecule has 0 fully saturated rings. The van der Waals surface area contributed by atoms with Crippen molar-refractivity contribution in [1.29, 1.82) is 0 Å². The van der Waals surface area contributed by atoms with Gasteiger partial charge in [0.25, 0.3) is 5.91 Å². The molecule has 0 saturated carbocycles. The highest BCUT2D eigenvalue weighted by Crippen LogP contribution is 2.21. The van der Waals surface area contributed by atoms with E-state index in [1.807, 2.05) is 24.3 Å². The van der Waals surface area contributed by atoms with E-state index in [9.17, 15) is 14.0 Å². The number of amides is 2. The van der Waals surface area contributed by atoms with E-state index in [0.29, 0.717) is 15.4 Å². The molecule has 1 atom stereocenters. The van der Waals surface area contributed by atoms with E-state index in [1.54, 1.807) is 47.9 Å². The molecule has 1 N–H and O–H groups in total. The first-order chi connectivity index (χ1) is 15.4. The Hall–Kier alpha value is -3.29. The molecular formula is C24H19ClFN3O2S. The van der Waals surface area contributed by atoms with Gasteiger partial charge in [-0.2, -0.15) is 4.99 Å². The average molecular weight is 468 g/mol. The number of benzene rings is 3. The number of thiazole rings is 1. The summed E-state index contributed by atoms with van der Waals surface area (Å²) in [6.07, 6.45) is 0. The van der Waals surface area contributed by atoms with Crippen molar-refractivity contribution in [3.8, 4) is 0 Å². The number of para-hydroxylation sites is 1. The molecule has 4 rings (SSSR count). The normalized spacial score (nSPS) is 12.7. The number of carbonyl (C=O) groups excluding carboxylic acids is 2. The monoisotopic (exact) mass is 467 g/mol. The molecule has 0 aliphatic carbocycles. The van der Waals surface area contributed by atoms with Crippen molar-refractivity contribution in [1.82, 2.24) is 9.88 Å². The van der Waals surface area contributed by atoms with E-state index < -0.39 is 11.9 Å². The predicted molar refractivity (Wildman–Crippen MR) is 124 cm³/mol. The number of nitrogens with zero attached hydrogens (tertiary/aromatic N) is 2. The molecule has 8 heteroatoms. The summed E-state index contributed by atoms with van der Waals surface area (Å²) in [7, 11) is 0. The zero-order chi connectivity index (χ0) is 22.7. The lowest BCUT2D eigenvalue weighted by Crippen LogP contribution is -2.34. The first kappa shape index (κ1) is 21.9.